The van der Waals surface area contributed by atoms with E-state index in [1.165, 1.54) is 51.7 Å². The minimum absolute atomic E-state index is 0. The van der Waals surface area contributed by atoms with Gasteiger partial charge in [-0.2, -0.15) is 0 Å². The Kier molecular flexibility index (Phi) is 9.36. The zero-order valence-corrected chi connectivity index (χ0v) is 16.3. The van der Waals surface area contributed by atoms with Crippen molar-refractivity contribution >= 4 is 12.4 Å². The molecule has 2 aromatic rings. The SMILES string of the molecule is Cl.c1ccc(Oc2ccccc2OCCCCCN2CCCCC2)cc1. The monoisotopic (exact) mass is 375 g/mol. The van der Waals surface area contributed by atoms with Crippen LogP contribution in [0, 0.1) is 0 Å². The van der Waals surface area contributed by atoms with E-state index in [1.807, 2.05) is 54.6 Å². The number of ether oxygens (including phenoxy) is 2. The molecule has 1 aliphatic heterocycles. The van der Waals surface area contributed by atoms with Gasteiger partial charge in [-0.25, -0.2) is 0 Å². The van der Waals surface area contributed by atoms with E-state index >= 15 is 0 Å². The van der Waals surface area contributed by atoms with E-state index in [0.717, 1.165) is 30.3 Å². The van der Waals surface area contributed by atoms with E-state index in [2.05, 4.69) is 4.90 Å². The van der Waals surface area contributed by atoms with E-state index in [-0.39, 0.29) is 12.4 Å². The molecule has 0 unspecified atom stereocenters. The van der Waals surface area contributed by atoms with Gasteiger partial charge < -0.3 is 14.4 Å². The van der Waals surface area contributed by atoms with Crippen LogP contribution in [0.2, 0.25) is 0 Å². The molecule has 0 aromatic heterocycles. The number of likely N-dealkylation sites (tertiary alicyclic amines) is 1. The summed E-state index contributed by atoms with van der Waals surface area (Å²) in [4.78, 5) is 2.60. The maximum Gasteiger partial charge on any atom is 0.169 e. The fourth-order valence-corrected chi connectivity index (χ4v) is 3.25. The average Bonchev–Trinajstić information content (AvgIpc) is 2.67. The zero-order chi connectivity index (χ0) is 17.2. The van der Waals surface area contributed by atoms with E-state index in [1.54, 1.807) is 0 Å². The van der Waals surface area contributed by atoms with Gasteiger partial charge in [0.2, 0.25) is 0 Å². The molecule has 142 valence electrons. The smallest absolute Gasteiger partial charge is 0.169 e. The summed E-state index contributed by atoms with van der Waals surface area (Å²) in [6, 6.07) is 17.7. The molecule has 0 saturated carbocycles. The summed E-state index contributed by atoms with van der Waals surface area (Å²) in [5.41, 5.74) is 0. The lowest BCUT2D eigenvalue weighted by Gasteiger charge is -2.26. The highest BCUT2D eigenvalue weighted by Crippen LogP contribution is 2.31. The standard InChI is InChI=1S/C22H29NO2.ClH/c1-4-12-20(13-5-1)25-22-15-7-6-14-21(22)24-19-11-3-10-18-23-16-8-2-9-17-23;/h1,4-7,12-15H,2-3,8-11,16-19H2;1H. The van der Waals surface area contributed by atoms with Crippen molar-refractivity contribution in [2.24, 2.45) is 0 Å². The van der Waals surface area contributed by atoms with E-state index in [9.17, 15) is 0 Å². The Hall–Kier alpha value is -1.71. The summed E-state index contributed by atoms with van der Waals surface area (Å²) in [6.45, 7) is 4.57. The van der Waals surface area contributed by atoms with Crippen LogP contribution in [-0.4, -0.2) is 31.1 Å². The van der Waals surface area contributed by atoms with Gasteiger partial charge in [0.05, 0.1) is 6.61 Å². The highest BCUT2D eigenvalue weighted by atomic mass is 35.5. The van der Waals surface area contributed by atoms with Crippen LogP contribution in [0.15, 0.2) is 54.6 Å². The first-order chi connectivity index (χ1) is 12.4. The van der Waals surface area contributed by atoms with Gasteiger partial charge in [-0.3, -0.25) is 0 Å². The molecule has 0 bridgehead atoms. The molecule has 26 heavy (non-hydrogen) atoms. The van der Waals surface area contributed by atoms with Crippen molar-refractivity contribution in [3.05, 3.63) is 54.6 Å². The minimum atomic E-state index is 0. The molecule has 0 atom stereocenters. The molecule has 1 aliphatic rings. The van der Waals surface area contributed by atoms with Crippen molar-refractivity contribution < 1.29 is 9.47 Å². The zero-order valence-electron chi connectivity index (χ0n) is 15.4. The van der Waals surface area contributed by atoms with Crippen molar-refractivity contribution in [1.29, 1.82) is 0 Å². The number of hydrogen-bond donors (Lipinski definition) is 0. The van der Waals surface area contributed by atoms with Crippen molar-refractivity contribution in [3.8, 4) is 17.2 Å². The molecule has 1 heterocycles. The highest BCUT2D eigenvalue weighted by molar-refractivity contribution is 5.85. The summed E-state index contributed by atoms with van der Waals surface area (Å²) in [5.74, 6) is 2.43. The third kappa shape index (κ3) is 6.89. The second kappa shape index (κ2) is 11.8. The first-order valence-electron chi connectivity index (χ1n) is 9.59. The van der Waals surface area contributed by atoms with Gasteiger partial charge in [-0.05, 0) is 76.0 Å². The van der Waals surface area contributed by atoms with Crippen molar-refractivity contribution in [1.82, 2.24) is 4.90 Å². The normalized spacial score (nSPS) is 14.5. The number of benzene rings is 2. The highest BCUT2D eigenvalue weighted by Gasteiger charge is 2.09. The van der Waals surface area contributed by atoms with Gasteiger partial charge in [0.15, 0.2) is 11.5 Å². The van der Waals surface area contributed by atoms with Crippen LogP contribution in [0.3, 0.4) is 0 Å². The Balaban J connectivity index is 0.00000243. The van der Waals surface area contributed by atoms with Crippen LogP contribution in [0.1, 0.15) is 38.5 Å². The van der Waals surface area contributed by atoms with E-state index in [4.69, 9.17) is 9.47 Å². The molecule has 0 N–H and O–H groups in total. The Labute approximate surface area is 163 Å². The number of hydrogen-bond acceptors (Lipinski definition) is 3. The summed E-state index contributed by atoms with van der Waals surface area (Å²) in [6.07, 6.45) is 7.74. The van der Waals surface area contributed by atoms with Crippen LogP contribution in [0.4, 0.5) is 0 Å². The van der Waals surface area contributed by atoms with Gasteiger partial charge in [0, 0.05) is 0 Å². The Morgan fingerprint density at radius 3 is 2.19 bits per heavy atom. The maximum absolute atomic E-state index is 5.96. The van der Waals surface area contributed by atoms with Crippen molar-refractivity contribution in [2.75, 3.05) is 26.2 Å². The summed E-state index contributed by atoms with van der Waals surface area (Å²) >= 11 is 0. The average molecular weight is 376 g/mol. The predicted molar refractivity (Wildman–Crippen MR) is 110 cm³/mol. The number of halogens is 1. The molecule has 1 saturated heterocycles. The largest absolute Gasteiger partial charge is 0.490 e. The minimum Gasteiger partial charge on any atom is -0.490 e. The van der Waals surface area contributed by atoms with E-state index in [0.29, 0.717) is 0 Å². The van der Waals surface area contributed by atoms with Crippen LogP contribution >= 0.6 is 12.4 Å². The van der Waals surface area contributed by atoms with Gasteiger partial charge in [0.25, 0.3) is 0 Å². The van der Waals surface area contributed by atoms with Gasteiger partial charge >= 0.3 is 0 Å². The number of rotatable bonds is 9. The van der Waals surface area contributed by atoms with Gasteiger partial charge in [-0.15, -0.1) is 12.4 Å². The molecule has 0 amide bonds. The second-order valence-electron chi connectivity index (χ2n) is 6.67. The number of nitrogens with zero attached hydrogens (tertiary/aromatic N) is 1. The molecule has 0 radical (unpaired) electrons. The summed E-state index contributed by atoms with van der Waals surface area (Å²) in [7, 11) is 0. The van der Waals surface area contributed by atoms with Crippen LogP contribution in [0.25, 0.3) is 0 Å². The Morgan fingerprint density at radius 1 is 0.731 bits per heavy atom. The summed E-state index contributed by atoms with van der Waals surface area (Å²) in [5, 5.41) is 0. The number of unbranched alkanes of at least 4 members (excludes halogenated alkanes) is 2. The number of piperidine rings is 1. The molecule has 0 spiro atoms. The molecule has 3 rings (SSSR count). The quantitative estimate of drug-likeness (QED) is 0.506. The molecule has 1 fully saturated rings. The van der Waals surface area contributed by atoms with Crippen LogP contribution < -0.4 is 9.47 Å². The van der Waals surface area contributed by atoms with Crippen molar-refractivity contribution in [2.45, 2.75) is 38.5 Å². The lowest BCUT2D eigenvalue weighted by molar-refractivity contribution is 0.220. The molecule has 4 heteroatoms. The molecule has 3 nitrogen and oxygen atoms in total. The fourth-order valence-electron chi connectivity index (χ4n) is 3.25. The van der Waals surface area contributed by atoms with Crippen LogP contribution in [-0.2, 0) is 0 Å². The van der Waals surface area contributed by atoms with Gasteiger partial charge in [-0.1, -0.05) is 36.8 Å². The third-order valence-electron chi connectivity index (χ3n) is 4.65. The number of para-hydroxylation sites is 3. The molecular formula is C22H30ClNO2. The predicted octanol–water partition coefficient (Wildman–Crippen LogP) is 5.94. The van der Waals surface area contributed by atoms with Gasteiger partial charge in [0.1, 0.15) is 5.75 Å². The Morgan fingerprint density at radius 2 is 1.42 bits per heavy atom. The second-order valence-corrected chi connectivity index (χ2v) is 6.67. The molecule has 2 aromatic carbocycles. The van der Waals surface area contributed by atoms with Crippen LogP contribution in [0.5, 0.6) is 17.2 Å². The molecule has 0 aliphatic carbocycles. The summed E-state index contributed by atoms with van der Waals surface area (Å²) < 4.78 is 11.9. The first kappa shape index (κ1) is 20.6. The lowest BCUT2D eigenvalue weighted by atomic mass is 10.1. The lowest BCUT2D eigenvalue weighted by Crippen LogP contribution is -2.30. The topological polar surface area (TPSA) is 21.7 Å². The Bertz CT molecular complexity index is 615. The maximum atomic E-state index is 5.96. The van der Waals surface area contributed by atoms with E-state index < -0.39 is 0 Å². The first-order valence-corrected chi connectivity index (χ1v) is 9.59. The molecular weight excluding hydrogens is 346 g/mol. The fraction of sp³-hybridized carbons (Fsp3) is 0.455. The third-order valence-corrected chi connectivity index (χ3v) is 4.65. The van der Waals surface area contributed by atoms with Crippen molar-refractivity contribution in [3.63, 3.8) is 0 Å².